The molecule has 2 aromatic carbocycles. The molecule has 0 amide bonds. The highest BCUT2D eigenvalue weighted by Gasteiger charge is 2.11. The summed E-state index contributed by atoms with van der Waals surface area (Å²) in [5.41, 5.74) is 3.91. The quantitative estimate of drug-likeness (QED) is 0.839. The number of hydrogen-bond donors (Lipinski definition) is 1. The monoisotopic (exact) mass is 273 g/mol. The molecular formula is C17H20ClN. The Morgan fingerprint density at radius 3 is 1.95 bits per heavy atom. The van der Waals surface area contributed by atoms with Crippen LogP contribution in [0.25, 0.3) is 0 Å². The molecule has 2 heteroatoms. The van der Waals surface area contributed by atoms with E-state index < -0.39 is 0 Å². The van der Waals surface area contributed by atoms with E-state index in [1.54, 1.807) is 0 Å². The highest BCUT2D eigenvalue weighted by atomic mass is 35.5. The second kappa shape index (κ2) is 6.74. The second-order valence-electron chi connectivity index (χ2n) is 4.76. The molecule has 0 heterocycles. The molecule has 0 saturated heterocycles. The molecule has 1 unspecified atom stereocenters. The van der Waals surface area contributed by atoms with E-state index in [0.29, 0.717) is 0 Å². The van der Waals surface area contributed by atoms with Crippen LogP contribution in [0, 0.1) is 0 Å². The van der Waals surface area contributed by atoms with Crippen molar-refractivity contribution in [2.75, 3.05) is 7.05 Å². The van der Waals surface area contributed by atoms with Crippen LogP contribution in [0.1, 0.15) is 36.1 Å². The maximum absolute atomic E-state index is 5.94. The third-order valence-corrected chi connectivity index (χ3v) is 3.60. The Morgan fingerprint density at radius 1 is 0.947 bits per heavy atom. The Bertz CT molecular complexity index is 502. The molecule has 0 radical (unpaired) electrons. The van der Waals surface area contributed by atoms with Crippen LogP contribution in [0.2, 0.25) is 5.02 Å². The van der Waals surface area contributed by atoms with Crippen LogP contribution in [0.4, 0.5) is 0 Å². The summed E-state index contributed by atoms with van der Waals surface area (Å²) in [4.78, 5) is 0. The minimum Gasteiger partial charge on any atom is -0.309 e. The van der Waals surface area contributed by atoms with Crippen molar-refractivity contribution >= 4 is 11.6 Å². The molecule has 1 atom stereocenters. The first-order valence-electron chi connectivity index (χ1n) is 6.76. The lowest BCUT2D eigenvalue weighted by atomic mass is 9.97. The molecule has 1 N–H and O–H groups in total. The van der Waals surface area contributed by atoms with Crippen LogP contribution in [0.3, 0.4) is 0 Å². The fraction of sp³-hybridized carbons (Fsp3) is 0.294. The van der Waals surface area contributed by atoms with Gasteiger partial charge in [-0.1, -0.05) is 61.3 Å². The zero-order valence-electron chi connectivity index (χ0n) is 11.5. The lowest BCUT2D eigenvalue weighted by Crippen LogP contribution is -2.17. The standard InChI is InChI=1S/C17H20ClN/c1-3-4-13-5-7-14(8-6-13)17(19-2)15-9-11-16(18)12-10-15/h5-12,17,19H,3-4H2,1-2H3. The van der Waals surface area contributed by atoms with Gasteiger partial charge in [0, 0.05) is 5.02 Å². The van der Waals surface area contributed by atoms with Gasteiger partial charge in [-0.15, -0.1) is 0 Å². The van der Waals surface area contributed by atoms with Crippen LogP contribution in [-0.2, 0) is 6.42 Å². The summed E-state index contributed by atoms with van der Waals surface area (Å²) in [6.07, 6.45) is 2.33. The fourth-order valence-corrected chi connectivity index (χ4v) is 2.47. The molecule has 0 aromatic heterocycles. The van der Waals surface area contributed by atoms with Gasteiger partial charge in [0.1, 0.15) is 0 Å². The van der Waals surface area contributed by atoms with Crippen LogP contribution < -0.4 is 5.32 Å². The average Bonchev–Trinajstić information content (AvgIpc) is 2.44. The van der Waals surface area contributed by atoms with Crippen molar-refractivity contribution in [1.29, 1.82) is 0 Å². The van der Waals surface area contributed by atoms with Crippen LogP contribution in [0.5, 0.6) is 0 Å². The molecule has 0 aliphatic carbocycles. The topological polar surface area (TPSA) is 12.0 Å². The van der Waals surface area contributed by atoms with E-state index in [-0.39, 0.29) is 6.04 Å². The van der Waals surface area contributed by atoms with Crippen molar-refractivity contribution in [1.82, 2.24) is 5.32 Å². The highest BCUT2D eigenvalue weighted by molar-refractivity contribution is 6.30. The van der Waals surface area contributed by atoms with Gasteiger partial charge in [0.15, 0.2) is 0 Å². The summed E-state index contributed by atoms with van der Waals surface area (Å²) in [6, 6.07) is 17.1. The number of rotatable bonds is 5. The SMILES string of the molecule is CCCc1ccc(C(NC)c2ccc(Cl)cc2)cc1. The molecule has 2 rings (SSSR count). The molecule has 19 heavy (non-hydrogen) atoms. The maximum Gasteiger partial charge on any atom is 0.0574 e. The Morgan fingerprint density at radius 2 is 1.47 bits per heavy atom. The number of aryl methyl sites for hydroxylation is 1. The summed E-state index contributed by atoms with van der Waals surface area (Å²) in [5.74, 6) is 0. The normalized spacial score (nSPS) is 12.4. The first-order chi connectivity index (χ1) is 9.24. The highest BCUT2D eigenvalue weighted by Crippen LogP contribution is 2.23. The van der Waals surface area contributed by atoms with Crippen molar-refractivity contribution in [2.24, 2.45) is 0 Å². The molecule has 0 aliphatic heterocycles. The first kappa shape index (κ1) is 14.1. The molecule has 2 aromatic rings. The number of halogens is 1. The maximum atomic E-state index is 5.94. The van der Waals surface area contributed by atoms with Crippen molar-refractivity contribution in [3.8, 4) is 0 Å². The van der Waals surface area contributed by atoms with Crippen LogP contribution >= 0.6 is 11.6 Å². The summed E-state index contributed by atoms with van der Waals surface area (Å²) >= 11 is 5.94. The number of hydrogen-bond acceptors (Lipinski definition) is 1. The fourth-order valence-electron chi connectivity index (χ4n) is 2.35. The minimum atomic E-state index is 0.216. The van der Waals surface area contributed by atoms with E-state index >= 15 is 0 Å². The molecule has 0 spiro atoms. The van der Waals surface area contributed by atoms with E-state index in [1.807, 2.05) is 19.2 Å². The molecule has 100 valence electrons. The van der Waals surface area contributed by atoms with Gasteiger partial charge >= 0.3 is 0 Å². The lowest BCUT2D eigenvalue weighted by molar-refractivity contribution is 0.691. The Hall–Kier alpha value is -1.31. The second-order valence-corrected chi connectivity index (χ2v) is 5.20. The minimum absolute atomic E-state index is 0.216. The van der Waals surface area contributed by atoms with Gasteiger partial charge in [0.05, 0.1) is 6.04 Å². The summed E-state index contributed by atoms with van der Waals surface area (Å²) in [5, 5.41) is 4.14. The van der Waals surface area contributed by atoms with Gasteiger partial charge in [-0.05, 0) is 42.3 Å². The summed E-state index contributed by atoms with van der Waals surface area (Å²) in [7, 11) is 1.99. The van der Waals surface area contributed by atoms with E-state index in [0.717, 1.165) is 11.4 Å². The molecule has 0 aliphatic rings. The Kier molecular flexibility index (Phi) is 5.00. The first-order valence-corrected chi connectivity index (χ1v) is 7.14. The number of benzene rings is 2. The summed E-state index contributed by atoms with van der Waals surface area (Å²) < 4.78 is 0. The zero-order valence-corrected chi connectivity index (χ0v) is 12.2. The van der Waals surface area contributed by atoms with Gasteiger partial charge in [-0.25, -0.2) is 0 Å². The van der Waals surface area contributed by atoms with Gasteiger partial charge in [-0.3, -0.25) is 0 Å². The van der Waals surface area contributed by atoms with E-state index in [9.17, 15) is 0 Å². The average molecular weight is 274 g/mol. The van der Waals surface area contributed by atoms with Gasteiger partial charge in [-0.2, -0.15) is 0 Å². The van der Waals surface area contributed by atoms with Crippen molar-refractivity contribution < 1.29 is 0 Å². The lowest BCUT2D eigenvalue weighted by Gasteiger charge is -2.17. The third-order valence-electron chi connectivity index (χ3n) is 3.34. The van der Waals surface area contributed by atoms with Gasteiger partial charge < -0.3 is 5.32 Å². The smallest absolute Gasteiger partial charge is 0.0574 e. The predicted octanol–water partition coefficient (Wildman–Crippen LogP) is 4.60. The molecular weight excluding hydrogens is 254 g/mol. The Labute approximate surface area is 120 Å². The molecule has 0 fully saturated rings. The zero-order chi connectivity index (χ0) is 13.7. The molecule has 0 saturated carbocycles. The van der Waals surface area contributed by atoms with E-state index in [4.69, 9.17) is 11.6 Å². The molecule has 0 bridgehead atoms. The Balaban J connectivity index is 2.23. The number of nitrogens with one attached hydrogen (secondary N) is 1. The van der Waals surface area contributed by atoms with Gasteiger partial charge in [0.2, 0.25) is 0 Å². The van der Waals surface area contributed by atoms with Crippen molar-refractivity contribution in [2.45, 2.75) is 25.8 Å². The van der Waals surface area contributed by atoms with Crippen molar-refractivity contribution in [3.63, 3.8) is 0 Å². The van der Waals surface area contributed by atoms with Crippen LogP contribution in [-0.4, -0.2) is 7.05 Å². The third kappa shape index (κ3) is 3.59. The van der Waals surface area contributed by atoms with E-state index in [2.05, 4.69) is 48.6 Å². The van der Waals surface area contributed by atoms with Gasteiger partial charge in [0.25, 0.3) is 0 Å². The predicted molar refractivity (Wildman–Crippen MR) is 82.8 cm³/mol. The molecule has 1 nitrogen and oxygen atoms in total. The summed E-state index contributed by atoms with van der Waals surface area (Å²) in [6.45, 7) is 2.21. The largest absolute Gasteiger partial charge is 0.309 e. The van der Waals surface area contributed by atoms with E-state index in [1.165, 1.54) is 23.1 Å². The van der Waals surface area contributed by atoms with Crippen LogP contribution in [0.15, 0.2) is 48.5 Å². The van der Waals surface area contributed by atoms with Crippen molar-refractivity contribution in [3.05, 3.63) is 70.2 Å².